The quantitative estimate of drug-likeness (QED) is 0.818. The standard InChI is InChI=1S/C18H29NO/c1-3-14-7-5-9-16(11-14)18(19-4-2)13-15-8-6-10-17(20)12-15/h6,8,10,12,14,16,18-20H,3-5,7,9,11,13H2,1-2H3. The van der Waals surface area contributed by atoms with Crippen LogP contribution in [-0.4, -0.2) is 17.7 Å². The van der Waals surface area contributed by atoms with Gasteiger partial charge in [0, 0.05) is 6.04 Å². The van der Waals surface area contributed by atoms with Crippen molar-refractivity contribution >= 4 is 0 Å². The minimum atomic E-state index is 0.382. The molecule has 2 nitrogen and oxygen atoms in total. The number of phenols is 1. The van der Waals surface area contributed by atoms with Crippen LogP contribution >= 0.6 is 0 Å². The highest BCUT2D eigenvalue weighted by atomic mass is 16.3. The molecule has 3 atom stereocenters. The van der Waals surface area contributed by atoms with Crippen molar-refractivity contribution in [1.29, 1.82) is 0 Å². The first-order valence-corrected chi connectivity index (χ1v) is 8.24. The molecule has 0 heterocycles. The second-order valence-electron chi connectivity index (χ2n) is 6.24. The lowest BCUT2D eigenvalue weighted by Gasteiger charge is -2.35. The molecule has 1 aliphatic rings. The van der Waals surface area contributed by atoms with Crippen LogP contribution in [0.1, 0.15) is 51.5 Å². The Morgan fingerprint density at radius 3 is 2.85 bits per heavy atom. The third kappa shape index (κ3) is 4.24. The highest BCUT2D eigenvalue weighted by molar-refractivity contribution is 5.27. The summed E-state index contributed by atoms with van der Waals surface area (Å²) in [5.41, 5.74) is 1.24. The van der Waals surface area contributed by atoms with Crippen molar-refractivity contribution in [3.05, 3.63) is 29.8 Å². The first-order chi connectivity index (χ1) is 9.72. The van der Waals surface area contributed by atoms with Crippen molar-refractivity contribution in [3.8, 4) is 5.75 Å². The minimum Gasteiger partial charge on any atom is -0.508 e. The Labute approximate surface area is 123 Å². The topological polar surface area (TPSA) is 32.3 Å². The van der Waals surface area contributed by atoms with E-state index in [9.17, 15) is 5.11 Å². The molecule has 0 saturated heterocycles. The Balaban J connectivity index is 2.02. The summed E-state index contributed by atoms with van der Waals surface area (Å²) in [5.74, 6) is 2.09. The van der Waals surface area contributed by atoms with Crippen molar-refractivity contribution in [2.45, 2.75) is 58.4 Å². The second kappa shape index (κ2) is 7.68. The molecule has 0 amide bonds. The lowest BCUT2D eigenvalue weighted by Crippen LogP contribution is -2.40. The summed E-state index contributed by atoms with van der Waals surface area (Å²) in [6, 6.07) is 8.29. The molecule has 112 valence electrons. The number of rotatable bonds is 6. The third-order valence-corrected chi connectivity index (χ3v) is 4.80. The largest absolute Gasteiger partial charge is 0.508 e. The maximum Gasteiger partial charge on any atom is 0.115 e. The molecule has 0 aliphatic heterocycles. The van der Waals surface area contributed by atoms with Crippen LogP contribution in [-0.2, 0) is 6.42 Å². The summed E-state index contributed by atoms with van der Waals surface area (Å²) in [7, 11) is 0. The molecule has 1 saturated carbocycles. The molecule has 1 aliphatic carbocycles. The van der Waals surface area contributed by atoms with Crippen molar-refractivity contribution in [1.82, 2.24) is 5.32 Å². The van der Waals surface area contributed by atoms with Crippen LogP contribution in [0.15, 0.2) is 24.3 Å². The van der Waals surface area contributed by atoms with Crippen LogP contribution in [0.25, 0.3) is 0 Å². The van der Waals surface area contributed by atoms with Crippen LogP contribution in [0.3, 0.4) is 0 Å². The summed E-state index contributed by atoms with van der Waals surface area (Å²) in [6.45, 7) is 5.54. The smallest absolute Gasteiger partial charge is 0.115 e. The number of hydrogen-bond acceptors (Lipinski definition) is 2. The molecule has 0 radical (unpaired) electrons. The lowest BCUT2D eigenvalue weighted by molar-refractivity contribution is 0.208. The number of phenolic OH excluding ortho intramolecular Hbond substituents is 1. The molecule has 1 fully saturated rings. The summed E-state index contributed by atoms with van der Waals surface area (Å²) in [5, 5.41) is 13.3. The van der Waals surface area contributed by atoms with Gasteiger partial charge in [0.1, 0.15) is 5.75 Å². The lowest BCUT2D eigenvalue weighted by atomic mass is 9.75. The summed E-state index contributed by atoms with van der Waals surface area (Å²) in [6.07, 6.45) is 7.87. The number of nitrogens with one attached hydrogen (secondary N) is 1. The Morgan fingerprint density at radius 1 is 1.30 bits per heavy atom. The number of likely N-dealkylation sites (N-methyl/N-ethyl adjacent to an activating group) is 1. The van der Waals surface area contributed by atoms with Crippen LogP contribution in [0, 0.1) is 11.8 Å². The first kappa shape index (κ1) is 15.4. The highest BCUT2D eigenvalue weighted by Crippen LogP contribution is 2.34. The van der Waals surface area contributed by atoms with Crippen LogP contribution in [0.4, 0.5) is 0 Å². The highest BCUT2D eigenvalue weighted by Gasteiger charge is 2.27. The zero-order chi connectivity index (χ0) is 14.4. The van der Waals surface area contributed by atoms with Gasteiger partial charge in [0.15, 0.2) is 0 Å². The first-order valence-electron chi connectivity index (χ1n) is 8.24. The predicted molar refractivity (Wildman–Crippen MR) is 85.0 cm³/mol. The van der Waals surface area contributed by atoms with Gasteiger partial charge in [-0.15, -0.1) is 0 Å². The molecule has 2 heteroatoms. The Morgan fingerprint density at radius 2 is 2.15 bits per heavy atom. The van der Waals surface area contributed by atoms with Crippen LogP contribution in [0.2, 0.25) is 0 Å². The molecule has 1 aromatic carbocycles. The predicted octanol–water partition coefficient (Wildman–Crippen LogP) is 4.13. The van der Waals surface area contributed by atoms with E-state index in [-0.39, 0.29) is 0 Å². The van der Waals surface area contributed by atoms with Gasteiger partial charge in [-0.1, -0.05) is 45.2 Å². The second-order valence-corrected chi connectivity index (χ2v) is 6.24. The average Bonchev–Trinajstić information content (AvgIpc) is 2.47. The summed E-state index contributed by atoms with van der Waals surface area (Å²) >= 11 is 0. The molecule has 2 N–H and O–H groups in total. The van der Waals surface area contributed by atoms with Crippen molar-refractivity contribution in [2.75, 3.05) is 6.54 Å². The molecule has 0 spiro atoms. The molecule has 20 heavy (non-hydrogen) atoms. The maximum atomic E-state index is 9.63. The molecule has 1 aromatic rings. The Bertz CT molecular complexity index is 404. The van der Waals surface area contributed by atoms with Crippen LogP contribution < -0.4 is 5.32 Å². The molecular formula is C18H29NO. The monoisotopic (exact) mass is 275 g/mol. The molecule has 0 aromatic heterocycles. The van der Waals surface area contributed by atoms with Gasteiger partial charge >= 0.3 is 0 Å². The van der Waals surface area contributed by atoms with E-state index in [2.05, 4.69) is 25.2 Å². The Kier molecular flexibility index (Phi) is 5.90. The van der Waals surface area contributed by atoms with Gasteiger partial charge < -0.3 is 10.4 Å². The van der Waals surface area contributed by atoms with E-state index in [0.29, 0.717) is 11.8 Å². The average molecular weight is 275 g/mol. The molecule has 2 rings (SSSR count). The summed E-state index contributed by atoms with van der Waals surface area (Å²) in [4.78, 5) is 0. The van der Waals surface area contributed by atoms with E-state index < -0.39 is 0 Å². The number of benzene rings is 1. The van der Waals surface area contributed by atoms with E-state index >= 15 is 0 Å². The van der Waals surface area contributed by atoms with Gasteiger partial charge in [0.05, 0.1) is 0 Å². The van der Waals surface area contributed by atoms with Crippen molar-refractivity contribution < 1.29 is 5.11 Å². The van der Waals surface area contributed by atoms with Gasteiger partial charge in [-0.3, -0.25) is 0 Å². The normalized spacial score (nSPS) is 24.5. The summed E-state index contributed by atoms with van der Waals surface area (Å²) < 4.78 is 0. The van der Waals surface area contributed by atoms with Gasteiger partial charge in [0.25, 0.3) is 0 Å². The number of aromatic hydroxyl groups is 1. The van der Waals surface area contributed by atoms with Gasteiger partial charge in [-0.05, 0) is 55.3 Å². The van der Waals surface area contributed by atoms with Crippen molar-refractivity contribution in [2.24, 2.45) is 11.8 Å². The maximum absolute atomic E-state index is 9.63. The SMILES string of the molecule is CCNC(Cc1cccc(O)c1)C1CCCC(CC)C1. The van der Waals surface area contributed by atoms with E-state index in [1.54, 1.807) is 6.07 Å². The molecule has 3 unspecified atom stereocenters. The van der Waals surface area contributed by atoms with Gasteiger partial charge in [-0.2, -0.15) is 0 Å². The van der Waals surface area contributed by atoms with Gasteiger partial charge in [0.2, 0.25) is 0 Å². The fraction of sp³-hybridized carbons (Fsp3) is 0.667. The van der Waals surface area contributed by atoms with E-state index in [4.69, 9.17) is 0 Å². The zero-order valence-electron chi connectivity index (χ0n) is 12.9. The van der Waals surface area contributed by atoms with E-state index in [0.717, 1.165) is 24.8 Å². The Hall–Kier alpha value is -1.02. The third-order valence-electron chi connectivity index (χ3n) is 4.80. The van der Waals surface area contributed by atoms with E-state index in [1.807, 2.05) is 12.1 Å². The van der Waals surface area contributed by atoms with Crippen molar-refractivity contribution in [3.63, 3.8) is 0 Å². The molecule has 0 bridgehead atoms. The fourth-order valence-corrected chi connectivity index (χ4v) is 3.67. The molecular weight excluding hydrogens is 246 g/mol. The van der Waals surface area contributed by atoms with E-state index in [1.165, 1.54) is 37.7 Å². The fourth-order valence-electron chi connectivity index (χ4n) is 3.67. The van der Waals surface area contributed by atoms with Gasteiger partial charge in [-0.25, -0.2) is 0 Å². The number of hydrogen-bond donors (Lipinski definition) is 2. The van der Waals surface area contributed by atoms with Crippen LogP contribution in [0.5, 0.6) is 5.75 Å². The zero-order valence-corrected chi connectivity index (χ0v) is 12.9. The minimum absolute atomic E-state index is 0.382.